The lowest BCUT2D eigenvalue weighted by molar-refractivity contribution is 0.770. The van der Waals surface area contributed by atoms with Gasteiger partial charge in [0.05, 0.1) is 0 Å². The first-order chi connectivity index (χ1) is 7.15. The van der Waals surface area contributed by atoms with Crippen LogP contribution in [-0.2, 0) is 6.42 Å². The lowest BCUT2D eigenvalue weighted by Crippen LogP contribution is -2.11. The molecule has 1 unspecified atom stereocenters. The number of hydrogen-bond donors (Lipinski definition) is 1. The minimum Gasteiger partial charge on any atom is -0.324 e. The lowest BCUT2D eigenvalue weighted by atomic mass is 10.0. The highest BCUT2D eigenvalue weighted by Crippen LogP contribution is 2.22. The molecule has 1 heteroatoms. The molecule has 0 fully saturated rings. The van der Waals surface area contributed by atoms with Crippen molar-refractivity contribution < 1.29 is 0 Å². The summed E-state index contributed by atoms with van der Waals surface area (Å²) in [5.74, 6) is 0. The van der Waals surface area contributed by atoms with Gasteiger partial charge in [0.15, 0.2) is 0 Å². The van der Waals surface area contributed by atoms with Crippen LogP contribution in [0.15, 0.2) is 29.8 Å². The summed E-state index contributed by atoms with van der Waals surface area (Å²) in [5.41, 5.74) is 11.5. The van der Waals surface area contributed by atoms with Gasteiger partial charge in [-0.15, -0.1) is 0 Å². The van der Waals surface area contributed by atoms with Gasteiger partial charge >= 0.3 is 0 Å². The highest BCUT2D eigenvalue weighted by atomic mass is 14.6. The van der Waals surface area contributed by atoms with Crippen molar-refractivity contribution in [1.82, 2.24) is 0 Å². The molecule has 1 aliphatic carbocycles. The molecule has 2 rings (SSSR count). The van der Waals surface area contributed by atoms with Crippen molar-refractivity contribution in [3.63, 3.8) is 0 Å². The molecule has 0 aromatic heterocycles. The molecule has 1 aromatic rings. The molecule has 2 N–H and O–H groups in total. The number of hydrogen-bond acceptors (Lipinski definition) is 1. The van der Waals surface area contributed by atoms with E-state index in [1.807, 2.05) is 0 Å². The third-order valence-corrected chi connectivity index (χ3v) is 3.25. The Bertz CT molecular complexity index is 390. The predicted octanol–water partition coefficient (Wildman–Crippen LogP) is 2.89. The van der Waals surface area contributed by atoms with E-state index in [4.69, 9.17) is 5.73 Å². The van der Waals surface area contributed by atoms with E-state index in [1.54, 1.807) is 0 Å². The van der Waals surface area contributed by atoms with Crippen LogP contribution in [0.5, 0.6) is 0 Å². The molecule has 1 atom stereocenters. The van der Waals surface area contributed by atoms with Crippen LogP contribution in [0.4, 0.5) is 0 Å². The van der Waals surface area contributed by atoms with Crippen molar-refractivity contribution in [2.45, 2.75) is 39.2 Å². The summed E-state index contributed by atoms with van der Waals surface area (Å²) in [6.45, 7) is 4.33. The van der Waals surface area contributed by atoms with Gasteiger partial charge in [0, 0.05) is 6.04 Å². The maximum Gasteiger partial charge on any atom is 0.0229 e. The fraction of sp³-hybridized carbons (Fsp3) is 0.429. The smallest absolute Gasteiger partial charge is 0.0229 e. The van der Waals surface area contributed by atoms with Crippen LogP contribution in [0.25, 0.3) is 0 Å². The van der Waals surface area contributed by atoms with Crippen LogP contribution in [0.1, 0.15) is 29.5 Å². The number of rotatable bonds is 2. The largest absolute Gasteiger partial charge is 0.324 e. The zero-order valence-electron chi connectivity index (χ0n) is 9.59. The van der Waals surface area contributed by atoms with E-state index in [-0.39, 0.29) is 0 Å². The minimum absolute atomic E-state index is 0.298. The molecule has 0 radical (unpaired) electrons. The van der Waals surface area contributed by atoms with Crippen molar-refractivity contribution in [1.29, 1.82) is 0 Å². The second kappa shape index (κ2) is 4.19. The second-order valence-electron chi connectivity index (χ2n) is 4.62. The van der Waals surface area contributed by atoms with E-state index in [1.165, 1.54) is 28.7 Å². The summed E-state index contributed by atoms with van der Waals surface area (Å²) in [7, 11) is 0. The van der Waals surface area contributed by atoms with Crippen LogP contribution >= 0.6 is 0 Å². The van der Waals surface area contributed by atoms with Gasteiger partial charge in [-0.25, -0.2) is 0 Å². The Hall–Kier alpha value is -1.08. The van der Waals surface area contributed by atoms with Crippen molar-refractivity contribution >= 4 is 0 Å². The van der Waals surface area contributed by atoms with E-state index in [0.717, 1.165) is 12.8 Å². The van der Waals surface area contributed by atoms with Crippen molar-refractivity contribution in [3.05, 3.63) is 46.5 Å². The molecule has 80 valence electrons. The molecule has 0 amide bonds. The molecular weight excluding hydrogens is 182 g/mol. The summed E-state index contributed by atoms with van der Waals surface area (Å²) >= 11 is 0. The van der Waals surface area contributed by atoms with Crippen LogP contribution in [0, 0.1) is 13.8 Å². The van der Waals surface area contributed by atoms with Crippen molar-refractivity contribution in [2.24, 2.45) is 5.73 Å². The fourth-order valence-electron chi connectivity index (χ4n) is 2.14. The third-order valence-electron chi connectivity index (χ3n) is 3.25. The Morgan fingerprint density at radius 3 is 2.67 bits per heavy atom. The fourth-order valence-corrected chi connectivity index (χ4v) is 2.14. The normalized spacial score (nSPS) is 20.5. The Labute approximate surface area is 92.0 Å². The average Bonchev–Trinajstić information content (AvgIpc) is 2.58. The van der Waals surface area contributed by atoms with E-state index in [0.29, 0.717) is 6.04 Å². The third kappa shape index (κ3) is 2.48. The summed E-state index contributed by atoms with van der Waals surface area (Å²) < 4.78 is 0. The second-order valence-corrected chi connectivity index (χ2v) is 4.62. The van der Waals surface area contributed by atoms with Gasteiger partial charge in [-0.05, 0) is 49.8 Å². The molecule has 1 nitrogen and oxygen atoms in total. The number of allylic oxidation sites excluding steroid dienone is 1. The van der Waals surface area contributed by atoms with Gasteiger partial charge in [-0.1, -0.05) is 29.8 Å². The summed E-state index contributed by atoms with van der Waals surface area (Å²) in [6, 6.07) is 7.03. The molecule has 0 saturated heterocycles. The summed E-state index contributed by atoms with van der Waals surface area (Å²) in [5, 5.41) is 0. The van der Waals surface area contributed by atoms with Gasteiger partial charge in [0.25, 0.3) is 0 Å². The van der Waals surface area contributed by atoms with Crippen LogP contribution < -0.4 is 5.73 Å². The Morgan fingerprint density at radius 1 is 1.27 bits per heavy atom. The first-order valence-corrected chi connectivity index (χ1v) is 5.66. The van der Waals surface area contributed by atoms with E-state index >= 15 is 0 Å². The Morgan fingerprint density at radius 2 is 2.07 bits per heavy atom. The van der Waals surface area contributed by atoms with Gasteiger partial charge < -0.3 is 5.73 Å². The maximum absolute atomic E-state index is 5.86. The average molecular weight is 201 g/mol. The summed E-state index contributed by atoms with van der Waals surface area (Å²) in [6.07, 6.45) is 5.61. The van der Waals surface area contributed by atoms with Gasteiger partial charge in [-0.3, -0.25) is 0 Å². The van der Waals surface area contributed by atoms with Gasteiger partial charge in [-0.2, -0.15) is 0 Å². The number of benzene rings is 1. The standard InChI is InChI=1S/C14H19N/c1-10-3-4-12(7-11(10)2)8-13-5-6-14(15)9-13/h3-4,7,9,14H,5-6,8,15H2,1-2H3. The molecule has 1 aromatic carbocycles. The highest BCUT2D eigenvalue weighted by molar-refractivity contribution is 5.33. The van der Waals surface area contributed by atoms with Crippen LogP contribution in [0.2, 0.25) is 0 Å². The Kier molecular flexibility index (Phi) is 2.92. The zero-order chi connectivity index (χ0) is 10.8. The molecule has 0 heterocycles. The molecule has 0 aliphatic heterocycles. The van der Waals surface area contributed by atoms with Gasteiger partial charge in [0.2, 0.25) is 0 Å². The maximum atomic E-state index is 5.86. The van der Waals surface area contributed by atoms with Crippen molar-refractivity contribution in [2.75, 3.05) is 0 Å². The quantitative estimate of drug-likeness (QED) is 0.731. The topological polar surface area (TPSA) is 26.0 Å². The number of aryl methyl sites for hydroxylation is 2. The zero-order valence-corrected chi connectivity index (χ0v) is 9.59. The molecule has 15 heavy (non-hydrogen) atoms. The molecular formula is C14H19N. The van der Waals surface area contributed by atoms with Gasteiger partial charge in [0.1, 0.15) is 0 Å². The highest BCUT2D eigenvalue weighted by Gasteiger charge is 2.11. The van der Waals surface area contributed by atoms with Crippen LogP contribution in [-0.4, -0.2) is 6.04 Å². The molecule has 0 spiro atoms. The first-order valence-electron chi connectivity index (χ1n) is 5.66. The van der Waals surface area contributed by atoms with Crippen molar-refractivity contribution in [3.8, 4) is 0 Å². The predicted molar refractivity (Wildman–Crippen MR) is 64.9 cm³/mol. The SMILES string of the molecule is Cc1ccc(CC2=CC(N)CC2)cc1C. The molecule has 0 saturated carbocycles. The monoisotopic (exact) mass is 201 g/mol. The first kappa shape index (κ1) is 10.4. The summed E-state index contributed by atoms with van der Waals surface area (Å²) in [4.78, 5) is 0. The minimum atomic E-state index is 0.298. The lowest BCUT2D eigenvalue weighted by Gasteiger charge is -2.05. The Balaban J connectivity index is 2.11. The van der Waals surface area contributed by atoms with E-state index in [2.05, 4.69) is 38.1 Å². The van der Waals surface area contributed by atoms with E-state index in [9.17, 15) is 0 Å². The number of nitrogens with two attached hydrogens (primary N) is 1. The van der Waals surface area contributed by atoms with Crippen LogP contribution in [0.3, 0.4) is 0 Å². The molecule has 1 aliphatic rings. The van der Waals surface area contributed by atoms with E-state index < -0.39 is 0 Å². The molecule has 0 bridgehead atoms.